The number of Topliss-reactive ketones (excluding diaryl/α,β-unsaturated/α-hetero) is 1. The maximum absolute atomic E-state index is 13.9. The fraction of sp³-hybridized carbons (Fsp3) is 0.0741. The molecular formula is C27H21N3O2S. The number of thioether (sulfide) groups is 1. The summed E-state index contributed by atoms with van der Waals surface area (Å²) in [5, 5.41) is 1.33. The lowest BCUT2D eigenvalue weighted by molar-refractivity contribution is 0.0991. The number of aromatic amines is 1. The zero-order valence-electron chi connectivity index (χ0n) is 17.8. The molecule has 0 saturated carbocycles. The first-order chi connectivity index (χ1) is 16.2. The predicted molar refractivity (Wildman–Crippen MR) is 134 cm³/mol. The minimum Gasteiger partial charge on any atom is -0.360 e. The molecule has 0 aliphatic heterocycles. The molecule has 1 atom stereocenters. The van der Waals surface area contributed by atoms with Crippen molar-refractivity contribution in [2.75, 3.05) is 0 Å². The molecule has 0 unspecified atom stereocenters. The summed E-state index contributed by atoms with van der Waals surface area (Å²) in [5.74, 6) is -0.0452. The van der Waals surface area contributed by atoms with Gasteiger partial charge in [-0.3, -0.25) is 14.2 Å². The van der Waals surface area contributed by atoms with Gasteiger partial charge < -0.3 is 4.98 Å². The highest BCUT2D eigenvalue weighted by Gasteiger charge is 2.27. The van der Waals surface area contributed by atoms with Crippen molar-refractivity contribution in [1.82, 2.24) is 14.5 Å². The fourth-order valence-corrected chi connectivity index (χ4v) is 5.12. The topological polar surface area (TPSA) is 67.8 Å². The average molecular weight is 452 g/mol. The minimum atomic E-state index is -0.575. The molecule has 0 fully saturated rings. The molecule has 3 aromatic carbocycles. The van der Waals surface area contributed by atoms with E-state index in [9.17, 15) is 9.59 Å². The van der Waals surface area contributed by atoms with Crippen molar-refractivity contribution in [3.8, 4) is 0 Å². The molecule has 0 amide bonds. The van der Waals surface area contributed by atoms with E-state index in [1.54, 1.807) is 22.9 Å². The van der Waals surface area contributed by atoms with Crippen LogP contribution in [0.3, 0.4) is 0 Å². The van der Waals surface area contributed by atoms with Crippen LogP contribution in [0.5, 0.6) is 0 Å². The molecule has 5 aromatic rings. The van der Waals surface area contributed by atoms with E-state index in [1.807, 2.05) is 72.8 Å². The molecule has 0 aliphatic rings. The highest BCUT2D eigenvalue weighted by Crippen LogP contribution is 2.38. The van der Waals surface area contributed by atoms with Crippen molar-refractivity contribution < 1.29 is 4.79 Å². The molecule has 0 aliphatic carbocycles. The van der Waals surface area contributed by atoms with E-state index >= 15 is 0 Å². The highest BCUT2D eigenvalue weighted by atomic mass is 32.2. The second-order valence-corrected chi connectivity index (χ2v) is 8.71. The number of hydrogen-bond acceptors (Lipinski definition) is 4. The van der Waals surface area contributed by atoms with Gasteiger partial charge in [0.25, 0.3) is 5.56 Å². The Hall–Kier alpha value is -3.90. The molecule has 5 rings (SSSR count). The summed E-state index contributed by atoms with van der Waals surface area (Å²) in [4.78, 5) is 35.0. The van der Waals surface area contributed by atoms with Crippen LogP contribution in [0.1, 0.15) is 21.2 Å². The number of benzene rings is 3. The van der Waals surface area contributed by atoms with Crippen molar-refractivity contribution in [3.63, 3.8) is 0 Å². The Labute approximate surface area is 194 Å². The van der Waals surface area contributed by atoms with Crippen LogP contribution in [-0.2, 0) is 6.54 Å². The van der Waals surface area contributed by atoms with Gasteiger partial charge in [0.05, 0.1) is 10.9 Å². The van der Waals surface area contributed by atoms with Gasteiger partial charge in [0, 0.05) is 29.2 Å². The lowest BCUT2D eigenvalue weighted by atomic mass is 10.0. The minimum absolute atomic E-state index is 0.0452. The summed E-state index contributed by atoms with van der Waals surface area (Å²) in [6.45, 7) is 4.10. The number of nitrogens with zero attached hydrogens (tertiary/aromatic N) is 2. The van der Waals surface area contributed by atoms with Crippen LogP contribution in [-0.4, -0.2) is 20.3 Å². The number of fused-ring (bicyclic) bond motifs is 2. The molecule has 0 saturated heterocycles. The standard InChI is InChI=1S/C27H21N3O2S/c1-2-16-30-26(32)20-13-7-9-15-23(20)29-27(30)33-25(18-10-4-3-5-11-18)24(31)21-17-28-22-14-8-6-12-19(21)22/h2-15,17,25,28H,1,16H2/t25-/m1/s1. The lowest BCUT2D eigenvalue weighted by Crippen LogP contribution is -2.23. The van der Waals surface area contributed by atoms with Crippen molar-refractivity contribution in [2.45, 2.75) is 17.0 Å². The number of hydrogen-bond donors (Lipinski definition) is 1. The van der Waals surface area contributed by atoms with Crippen LogP contribution < -0.4 is 5.56 Å². The molecular weight excluding hydrogens is 430 g/mol. The van der Waals surface area contributed by atoms with Crippen molar-refractivity contribution in [2.24, 2.45) is 0 Å². The fourth-order valence-electron chi connectivity index (χ4n) is 3.95. The molecule has 33 heavy (non-hydrogen) atoms. The second-order valence-electron chi connectivity index (χ2n) is 7.64. The second kappa shape index (κ2) is 8.92. The average Bonchev–Trinajstić information content (AvgIpc) is 3.29. The van der Waals surface area contributed by atoms with Gasteiger partial charge in [-0.2, -0.15) is 0 Å². The summed E-state index contributed by atoms with van der Waals surface area (Å²) in [7, 11) is 0. The third-order valence-electron chi connectivity index (χ3n) is 5.56. The number of rotatable bonds is 7. The van der Waals surface area contributed by atoms with Crippen LogP contribution in [0.15, 0.2) is 108 Å². The Morgan fingerprint density at radius 3 is 2.48 bits per heavy atom. The number of nitrogens with one attached hydrogen (secondary N) is 1. The van der Waals surface area contributed by atoms with Crippen LogP contribution in [0.4, 0.5) is 0 Å². The number of carbonyl (C=O) groups excluding carboxylic acids is 1. The molecule has 0 spiro atoms. The molecule has 2 heterocycles. The lowest BCUT2D eigenvalue weighted by Gasteiger charge is -2.18. The van der Waals surface area contributed by atoms with E-state index in [1.165, 1.54) is 11.8 Å². The first-order valence-corrected chi connectivity index (χ1v) is 11.5. The number of ketones is 1. The number of aromatic nitrogens is 3. The Kier molecular flexibility index (Phi) is 5.67. The number of allylic oxidation sites excluding steroid dienone is 1. The molecule has 1 N–H and O–H groups in total. The summed E-state index contributed by atoms with van der Waals surface area (Å²) >= 11 is 1.29. The molecule has 2 aromatic heterocycles. The van der Waals surface area contributed by atoms with E-state index in [4.69, 9.17) is 4.98 Å². The zero-order chi connectivity index (χ0) is 22.8. The van der Waals surface area contributed by atoms with Crippen LogP contribution >= 0.6 is 11.8 Å². The summed E-state index contributed by atoms with van der Waals surface area (Å²) in [6, 6.07) is 24.6. The molecule has 0 radical (unpaired) electrons. The highest BCUT2D eigenvalue weighted by molar-refractivity contribution is 8.00. The number of carbonyl (C=O) groups is 1. The van der Waals surface area contributed by atoms with Gasteiger partial charge in [0.15, 0.2) is 10.9 Å². The Balaban J connectivity index is 1.65. The van der Waals surface area contributed by atoms with Gasteiger partial charge >= 0.3 is 0 Å². The van der Waals surface area contributed by atoms with Crippen LogP contribution in [0, 0.1) is 0 Å². The number of H-pyrrole nitrogens is 1. The first kappa shape index (κ1) is 21.0. The van der Waals surface area contributed by atoms with Gasteiger partial charge in [-0.15, -0.1) is 6.58 Å². The third kappa shape index (κ3) is 3.90. The van der Waals surface area contributed by atoms with E-state index in [0.717, 1.165) is 16.5 Å². The van der Waals surface area contributed by atoms with Gasteiger partial charge in [-0.05, 0) is 23.8 Å². The van der Waals surface area contributed by atoms with Crippen molar-refractivity contribution in [1.29, 1.82) is 0 Å². The molecule has 6 heteroatoms. The van der Waals surface area contributed by atoms with Crippen LogP contribution in [0.25, 0.3) is 21.8 Å². The Bertz CT molecular complexity index is 1540. The normalized spacial score (nSPS) is 12.1. The predicted octanol–water partition coefficient (Wildman–Crippen LogP) is 5.78. The van der Waals surface area contributed by atoms with Gasteiger partial charge in [-0.25, -0.2) is 4.98 Å². The third-order valence-corrected chi connectivity index (χ3v) is 6.80. The van der Waals surface area contributed by atoms with Crippen molar-refractivity contribution >= 4 is 39.4 Å². The monoisotopic (exact) mass is 451 g/mol. The van der Waals surface area contributed by atoms with Gasteiger partial charge in [0.1, 0.15) is 5.25 Å². The summed E-state index contributed by atoms with van der Waals surface area (Å²) in [5.41, 5.74) is 2.84. The Morgan fingerprint density at radius 2 is 1.70 bits per heavy atom. The summed E-state index contributed by atoms with van der Waals surface area (Å²) in [6.07, 6.45) is 3.43. The van der Waals surface area contributed by atoms with Crippen molar-refractivity contribution in [3.05, 3.63) is 119 Å². The maximum Gasteiger partial charge on any atom is 0.262 e. The maximum atomic E-state index is 13.9. The van der Waals surface area contributed by atoms with E-state index in [-0.39, 0.29) is 11.3 Å². The number of para-hydroxylation sites is 2. The Morgan fingerprint density at radius 1 is 1.00 bits per heavy atom. The molecule has 0 bridgehead atoms. The first-order valence-electron chi connectivity index (χ1n) is 10.6. The largest absolute Gasteiger partial charge is 0.360 e. The zero-order valence-corrected chi connectivity index (χ0v) is 18.6. The van der Waals surface area contributed by atoms with Gasteiger partial charge in [-0.1, -0.05) is 78.5 Å². The van der Waals surface area contributed by atoms with Crippen LogP contribution in [0.2, 0.25) is 0 Å². The van der Waals surface area contributed by atoms with E-state index in [2.05, 4.69) is 11.6 Å². The molecule has 5 nitrogen and oxygen atoms in total. The smallest absolute Gasteiger partial charge is 0.262 e. The molecule has 162 valence electrons. The van der Waals surface area contributed by atoms with E-state index < -0.39 is 5.25 Å². The quantitative estimate of drug-likeness (QED) is 0.147. The SMILES string of the molecule is C=CCn1c(S[C@@H](C(=O)c2c[nH]c3ccccc23)c2ccccc2)nc2ccccc2c1=O. The van der Waals surface area contributed by atoms with Gasteiger partial charge in [0.2, 0.25) is 0 Å². The summed E-state index contributed by atoms with van der Waals surface area (Å²) < 4.78 is 1.58. The van der Waals surface area contributed by atoms with E-state index in [0.29, 0.717) is 28.2 Å².